The van der Waals surface area contributed by atoms with Crippen LogP contribution in [-0.2, 0) is 6.54 Å². The van der Waals surface area contributed by atoms with Gasteiger partial charge in [-0.15, -0.1) is 0 Å². The summed E-state index contributed by atoms with van der Waals surface area (Å²) in [6, 6.07) is 0.0270. The molecule has 0 spiro atoms. The van der Waals surface area contributed by atoms with Gasteiger partial charge in [0.1, 0.15) is 5.65 Å². The molecule has 11 heteroatoms. The van der Waals surface area contributed by atoms with E-state index >= 15 is 0 Å². The van der Waals surface area contributed by atoms with Gasteiger partial charge in [-0.2, -0.15) is 22.8 Å². The number of aromatic hydroxyl groups is 1. The SMILES string of the molecule is CC(C)Cn1c(O)c(C(=O)NC2CC2)c(=O)n2ncc(/C=C/C3CCN(CC(F)(F)F)CC3)c12. The number of hydrogen-bond donors (Lipinski definition) is 2. The molecule has 0 aromatic carbocycles. The first kappa shape index (κ1) is 24.3. The lowest BCUT2D eigenvalue weighted by Gasteiger charge is -2.31. The van der Waals surface area contributed by atoms with E-state index in [2.05, 4.69) is 10.4 Å². The molecule has 0 atom stereocenters. The Bertz CT molecular complexity index is 1140. The summed E-state index contributed by atoms with van der Waals surface area (Å²) in [6.07, 6.45) is 3.92. The minimum absolute atomic E-state index is 0.0270. The van der Waals surface area contributed by atoms with Crippen LogP contribution in [0.1, 0.15) is 55.5 Å². The van der Waals surface area contributed by atoms with Gasteiger partial charge in [-0.25, -0.2) is 0 Å². The van der Waals surface area contributed by atoms with Gasteiger partial charge < -0.3 is 10.4 Å². The molecule has 0 bridgehead atoms. The topological polar surface area (TPSA) is 91.9 Å². The summed E-state index contributed by atoms with van der Waals surface area (Å²) in [6.45, 7) is 4.11. The normalized spacial score (nSPS) is 18.4. The second-order valence-corrected chi connectivity index (χ2v) is 9.68. The summed E-state index contributed by atoms with van der Waals surface area (Å²) >= 11 is 0. The molecule has 1 saturated heterocycles. The Hall–Kier alpha value is -2.82. The highest BCUT2D eigenvalue weighted by atomic mass is 19.4. The first-order chi connectivity index (χ1) is 16.0. The third-order valence-corrected chi connectivity index (χ3v) is 6.18. The standard InChI is InChI=1S/C23H30F3N5O3/c1-14(2)12-30-20-16(4-3-15-7-9-29(10-8-15)13-23(24,25)26)11-27-31(20)22(34)18(21(30)33)19(32)28-17-5-6-17/h3-4,11,14-15,17,33H,5-10,12-13H2,1-2H3,(H,28,32)/b4-3+. The summed E-state index contributed by atoms with van der Waals surface area (Å²) in [5.74, 6) is -0.786. The molecule has 1 aliphatic carbocycles. The first-order valence-corrected chi connectivity index (χ1v) is 11.6. The number of nitrogens with zero attached hydrogens (tertiary/aromatic N) is 4. The summed E-state index contributed by atoms with van der Waals surface area (Å²) < 4.78 is 40.5. The van der Waals surface area contributed by atoms with Crippen LogP contribution in [0.3, 0.4) is 0 Å². The molecule has 1 saturated carbocycles. The van der Waals surface area contributed by atoms with Crippen LogP contribution in [0.15, 0.2) is 17.1 Å². The van der Waals surface area contributed by atoms with E-state index in [0.717, 1.165) is 17.4 Å². The highest BCUT2D eigenvalue weighted by molar-refractivity contribution is 5.96. The lowest BCUT2D eigenvalue weighted by atomic mass is 9.96. The molecule has 2 N–H and O–H groups in total. The molecule has 8 nitrogen and oxygen atoms in total. The van der Waals surface area contributed by atoms with Gasteiger partial charge in [-0.1, -0.05) is 26.0 Å². The Balaban J connectivity index is 1.61. The van der Waals surface area contributed by atoms with E-state index in [-0.39, 0.29) is 29.3 Å². The Morgan fingerprint density at radius 1 is 1.26 bits per heavy atom. The number of carbonyl (C=O) groups excluding carboxylic acids is 1. The zero-order valence-electron chi connectivity index (χ0n) is 19.3. The number of halogens is 3. The summed E-state index contributed by atoms with van der Waals surface area (Å²) in [7, 11) is 0. The number of fused-ring (bicyclic) bond motifs is 1. The average molecular weight is 482 g/mol. The van der Waals surface area contributed by atoms with Gasteiger partial charge in [0.15, 0.2) is 5.56 Å². The summed E-state index contributed by atoms with van der Waals surface area (Å²) in [4.78, 5) is 27.1. The summed E-state index contributed by atoms with van der Waals surface area (Å²) in [5.41, 5.74) is -0.0358. The van der Waals surface area contributed by atoms with Crippen molar-refractivity contribution in [1.29, 1.82) is 0 Å². The molecular weight excluding hydrogens is 451 g/mol. The van der Waals surface area contributed by atoms with Gasteiger partial charge in [0.25, 0.3) is 11.5 Å². The van der Waals surface area contributed by atoms with Crippen LogP contribution in [0.2, 0.25) is 0 Å². The number of aromatic nitrogens is 3. The number of amides is 1. The minimum atomic E-state index is -4.20. The highest BCUT2D eigenvalue weighted by Gasteiger charge is 2.32. The fourth-order valence-electron chi connectivity index (χ4n) is 4.35. The Labute approximate surface area is 195 Å². The summed E-state index contributed by atoms with van der Waals surface area (Å²) in [5, 5.41) is 17.9. The highest BCUT2D eigenvalue weighted by Crippen LogP contribution is 2.27. The van der Waals surface area contributed by atoms with Gasteiger partial charge in [0, 0.05) is 18.2 Å². The minimum Gasteiger partial charge on any atom is -0.494 e. The molecule has 2 aromatic heterocycles. The molecular formula is C23H30F3N5O3. The van der Waals surface area contributed by atoms with Crippen molar-refractivity contribution >= 4 is 17.6 Å². The number of rotatable bonds is 7. The monoisotopic (exact) mass is 481 g/mol. The van der Waals surface area contributed by atoms with E-state index in [1.54, 1.807) is 6.08 Å². The number of alkyl halides is 3. The Morgan fingerprint density at radius 3 is 2.53 bits per heavy atom. The van der Waals surface area contributed by atoms with Crippen LogP contribution in [-0.4, -0.2) is 61.9 Å². The van der Waals surface area contributed by atoms with Gasteiger partial charge in [-0.3, -0.25) is 19.1 Å². The van der Waals surface area contributed by atoms with Crippen molar-refractivity contribution in [2.75, 3.05) is 19.6 Å². The van der Waals surface area contributed by atoms with E-state index < -0.39 is 24.2 Å². The molecule has 186 valence electrons. The smallest absolute Gasteiger partial charge is 0.401 e. The number of carbonyl (C=O) groups is 1. The Kier molecular flexibility index (Phi) is 6.75. The average Bonchev–Trinajstić information content (AvgIpc) is 3.45. The van der Waals surface area contributed by atoms with Crippen LogP contribution in [0.25, 0.3) is 11.7 Å². The molecule has 1 aliphatic heterocycles. The molecule has 4 rings (SSSR count). The van der Waals surface area contributed by atoms with Gasteiger partial charge in [0.2, 0.25) is 5.88 Å². The third-order valence-electron chi connectivity index (χ3n) is 6.18. The van der Waals surface area contributed by atoms with Crippen LogP contribution in [0.4, 0.5) is 13.2 Å². The predicted molar refractivity (Wildman–Crippen MR) is 121 cm³/mol. The molecule has 2 aliphatic rings. The van der Waals surface area contributed by atoms with E-state index in [9.17, 15) is 27.9 Å². The molecule has 0 unspecified atom stereocenters. The van der Waals surface area contributed by atoms with Gasteiger partial charge in [-0.05, 0) is 50.6 Å². The number of piperidine rings is 1. The number of allylic oxidation sites excluding steroid dienone is 1. The Morgan fingerprint density at radius 2 is 1.94 bits per heavy atom. The second-order valence-electron chi connectivity index (χ2n) is 9.68. The van der Waals surface area contributed by atoms with Crippen LogP contribution in [0, 0.1) is 11.8 Å². The first-order valence-electron chi connectivity index (χ1n) is 11.6. The number of likely N-dealkylation sites (tertiary alicyclic amines) is 1. The molecule has 3 heterocycles. The second kappa shape index (κ2) is 9.44. The largest absolute Gasteiger partial charge is 0.494 e. The van der Waals surface area contributed by atoms with E-state index in [0.29, 0.717) is 43.7 Å². The van der Waals surface area contributed by atoms with Crippen molar-refractivity contribution in [2.24, 2.45) is 11.8 Å². The van der Waals surface area contributed by atoms with Crippen molar-refractivity contribution in [3.05, 3.63) is 33.8 Å². The van der Waals surface area contributed by atoms with Crippen LogP contribution < -0.4 is 10.9 Å². The molecule has 2 fully saturated rings. The molecule has 1 amide bonds. The van der Waals surface area contributed by atoms with Crippen LogP contribution in [0.5, 0.6) is 5.88 Å². The maximum absolute atomic E-state index is 13.0. The van der Waals surface area contributed by atoms with Crippen molar-refractivity contribution < 1.29 is 23.1 Å². The zero-order valence-corrected chi connectivity index (χ0v) is 19.3. The maximum Gasteiger partial charge on any atom is 0.401 e. The van der Waals surface area contributed by atoms with E-state index in [4.69, 9.17) is 0 Å². The molecule has 2 aromatic rings. The fraction of sp³-hybridized carbons (Fsp3) is 0.609. The fourth-order valence-corrected chi connectivity index (χ4v) is 4.35. The quantitative estimate of drug-likeness (QED) is 0.634. The number of hydrogen-bond acceptors (Lipinski definition) is 5. The van der Waals surface area contributed by atoms with Gasteiger partial charge >= 0.3 is 6.18 Å². The molecule has 0 radical (unpaired) electrons. The van der Waals surface area contributed by atoms with Crippen molar-refractivity contribution in [1.82, 2.24) is 24.4 Å². The van der Waals surface area contributed by atoms with Crippen molar-refractivity contribution in [3.8, 4) is 5.88 Å². The zero-order chi connectivity index (χ0) is 24.6. The lowest BCUT2D eigenvalue weighted by molar-refractivity contribution is -0.148. The number of nitrogens with one attached hydrogen (secondary N) is 1. The van der Waals surface area contributed by atoms with Crippen molar-refractivity contribution in [3.63, 3.8) is 0 Å². The predicted octanol–water partition coefficient (Wildman–Crippen LogP) is 3.04. The van der Waals surface area contributed by atoms with Crippen molar-refractivity contribution in [2.45, 2.75) is 58.3 Å². The third kappa shape index (κ3) is 5.45. The molecule has 34 heavy (non-hydrogen) atoms. The van der Waals surface area contributed by atoms with E-state index in [1.165, 1.54) is 15.7 Å². The van der Waals surface area contributed by atoms with E-state index in [1.807, 2.05) is 19.9 Å². The van der Waals surface area contributed by atoms with Gasteiger partial charge in [0.05, 0.1) is 12.7 Å². The maximum atomic E-state index is 13.0. The lowest BCUT2D eigenvalue weighted by Crippen LogP contribution is -2.39. The van der Waals surface area contributed by atoms with Crippen LogP contribution >= 0.6 is 0 Å².